The van der Waals surface area contributed by atoms with E-state index in [9.17, 15) is 0 Å². The minimum absolute atomic E-state index is 0.759. The summed E-state index contributed by atoms with van der Waals surface area (Å²) in [6.45, 7) is 1.06. The summed E-state index contributed by atoms with van der Waals surface area (Å²) in [5, 5.41) is 6.69. The lowest BCUT2D eigenvalue weighted by Crippen LogP contribution is -2.25. The van der Waals surface area contributed by atoms with Crippen molar-refractivity contribution >= 4 is 23.1 Å². The molecular formula is C11H17NS2. The Bertz CT molecular complexity index is 258. The van der Waals surface area contributed by atoms with E-state index in [2.05, 4.69) is 29.1 Å². The van der Waals surface area contributed by atoms with Gasteiger partial charge in [0.15, 0.2) is 0 Å². The van der Waals surface area contributed by atoms with Crippen molar-refractivity contribution in [2.24, 2.45) is 0 Å². The van der Waals surface area contributed by atoms with Gasteiger partial charge in [-0.2, -0.15) is 11.8 Å². The Morgan fingerprint density at radius 2 is 2.50 bits per heavy atom. The zero-order chi connectivity index (χ0) is 9.80. The lowest BCUT2D eigenvalue weighted by atomic mass is 10.2. The average molecular weight is 227 g/mol. The lowest BCUT2D eigenvalue weighted by Gasteiger charge is -2.11. The predicted octanol–water partition coefficient (Wildman–Crippen LogP) is 3.12. The summed E-state index contributed by atoms with van der Waals surface area (Å²) in [5.41, 5.74) is 0. The molecule has 2 unspecified atom stereocenters. The van der Waals surface area contributed by atoms with Crippen molar-refractivity contribution in [3.8, 4) is 0 Å². The largest absolute Gasteiger partial charge is 0.309 e. The number of hydrogen-bond acceptors (Lipinski definition) is 3. The molecule has 0 bridgehead atoms. The molecule has 0 aromatic carbocycles. The van der Waals surface area contributed by atoms with E-state index in [0.717, 1.165) is 17.8 Å². The Balaban J connectivity index is 1.72. The summed E-state index contributed by atoms with van der Waals surface area (Å²) in [5.74, 6) is 0. The molecule has 0 radical (unpaired) electrons. The van der Waals surface area contributed by atoms with Crippen molar-refractivity contribution < 1.29 is 0 Å². The van der Waals surface area contributed by atoms with Gasteiger partial charge in [-0.15, -0.1) is 11.3 Å². The molecule has 1 fully saturated rings. The fourth-order valence-corrected chi connectivity index (χ4v) is 3.45. The highest BCUT2D eigenvalue weighted by atomic mass is 32.2. The van der Waals surface area contributed by atoms with E-state index in [1.165, 1.54) is 24.1 Å². The zero-order valence-corrected chi connectivity index (χ0v) is 10.2. The summed E-state index contributed by atoms with van der Waals surface area (Å²) < 4.78 is 0. The fraction of sp³-hybridized carbons (Fsp3) is 0.636. The predicted molar refractivity (Wildman–Crippen MR) is 66.1 cm³/mol. The first-order valence-corrected chi connectivity index (χ1v) is 7.34. The molecule has 0 aliphatic heterocycles. The van der Waals surface area contributed by atoms with Crippen LogP contribution in [0.3, 0.4) is 0 Å². The molecule has 2 rings (SSSR count). The molecule has 1 saturated carbocycles. The molecule has 1 aromatic rings. The van der Waals surface area contributed by atoms with Crippen LogP contribution in [-0.4, -0.2) is 17.5 Å². The Morgan fingerprint density at radius 3 is 3.14 bits per heavy atom. The lowest BCUT2D eigenvalue weighted by molar-refractivity contribution is 0.528. The third-order valence-electron chi connectivity index (χ3n) is 2.86. The van der Waals surface area contributed by atoms with Crippen molar-refractivity contribution in [3.05, 3.63) is 22.4 Å². The molecule has 0 spiro atoms. The van der Waals surface area contributed by atoms with Gasteiger partial charge in [0.1, 0.15) is 0 Å². The Hall–Kier alpha value is 0.01000. The van der Waals surface area contributed by atoms with Crippen LogP contribution >= 0.6 is 23.1 Å². The molecule has 1 aliphatic rings. The van der Waals surface area contributed by atoms with Crippen LogP contribution < -0.4 is 5.32 Å². The van der Waals surface area contributed by atoms with Gasteiger partial charge in [0.05, 0.1) is 0 Å². The van der Waals surface area contributed by atoms with Crippen LogP contribution in [0.5, 0.6) is 0 Å². The molecule has 0 saturated heterocycles. The van der Waals surface area contributed by atoms with Crippen LogP contribution in [0.2, 0.25) is 0 Å². The first kappa shape index (κ1) is 10.5. The second-order valence-electron chi connectivity index (χ2n) is 3.83. The number of nitrogens with one attached hydrogen (secondary N) is 1. The molecular weight excluding hydrogens is 210 g/mol. The van der Waals surface area contributed by atoms with E-state index in [0.29, 0.717) is 0 Å². The maximum absolute atomic E-state index is 3.65. The van der Waals surface area contributed by atoms with Crippen molar-refractivity contribution in [1.82, 2.24) is 5.32 Å². The van der Waals surface area contributed by atoms with E-state index in [1.807, 2.05) is 23.1 Å². The maximum atomic E-state index is 3.65. The Kier molecular flexibility index (Phi) is 3.90. The normalized spacial score (nSPS) is 26.9. The van der Waals surface area contributed by atoms with Crippen LogP contribution in [0.15, 0.2) is 17.5 Å². The smallest absolute Gasteiger partial charge is 0.0302 e. The molecule has 2 atom stereocenters. The molecule has 1 nitrogen and oxygen atoms in total. The van der Waals surface area contributed by atoms with Gasteiger partial charge in [0, 0.05) is 22.7 Å². The Morgan fingerprint density at radius 1 is 1.57 bits per heavy atom. The van der Waals surface area contributed by atoms with Crippen LogP contribution in [-0.2, 0) is 6.54 Å². The molecule has 1 aliphatic carbocycles. The zero-order valence-electron chi connectivity index (χ0n) is 8.53. The molecule has 0 amide bonds. The second-order valence-corrected chi connectivity index (χ2v) is 6.00. The minimum atomic E-state index is 0.759. The molecule has 78 valence electrons. The van der Waals surface area contributed by atoms with E-state index < -0.39 is 0 Å². The van der Waals surface area contributed by atoms with Gasteiger partial charge in [0.2, 0.25) is 0 Å². The van der Waals surface area contributed by atoms with Gasteiger partial charge in [-0.05, 0) is 37.0 Å². The van der Waals surface area contributed by atoms with Crippen LogP contribution in [0.25, 0.3) is 0 Å². The quantitative estimate of drug-likeness (QED) is 0.848. The minimum Gasteiger partial charge on any atom is -0.309 e. The van der Waals surface area contributed by atoms with E-state index in [1.54, 1.807) is 0 Å². The molecule has 1 heterocycles. The van der Waals surface area contributed by atoms with Crippen molar-refractivity contribution in [2.45, 2.75) is 37.1 Å². The second kappa shape index (κ2) is 5.19. The average Bonchev–Trinajstić information content (AvgIpc) is 2.86. The maximum Gasteiger partial charge on any atom is 0.0302 e. The van der Waals surface area contributed by atoms with Gasteiger partial charge >= 0.3 is 0 Å². The van der Waals surface area contributed by atoms with E-state index in [4.69, 9.17) is 0 Å². The van der Waals surface area contributed by atoms with Gasteiger partial charge in [-0.25, -0.2) is 0 Å². The van der Waals surface area contributed by atoms with Gasteiger partial charge in [0.25, 0.3) is 0 Å². The first-order chi connectivity index (χ1) is 6.88. The summed E-state index contributed by atoms with van der Waals surface area (Å²) in [6, 6.07) is 5.09. The number of thioether (sulfide) groups is 1. The Labute approximate surface area is 94.3 Å². The molecule has 3 heteroatoms. The van der Waals surface area contributed by atoms with E-state index >= 15 is 0 Å². The third kappa shape index (κ3) is 2.75. The van der Waals surface area contributed by atoms with Gasteiger partial charge in [-0.3, -0.25) is 0 Å². The molecule has 14 heavy (non-hydrogen) atoms. The molecule has 1 aromatic heterocycles. The summed E-state index contributed by atoms with van der Waals surface area (Å²) in [6.07, 6.45) is 6.33. The van der Waals surface area contributed by atoms with Crippen LogP contribution in [0.4, 0.5) is 0 Å². The highest BCUT2D eigenvalue weighted by Crippen LogP contribution is 2.28. The first-order valence-electron chi connectivity index (χ1n) is 5.17. The highest BCUT2D eigenvalue weighted by Gasteiger charge is 2.23. The number of rotatable bonds is 4. The number of hydrogen-bond donors (Lipinski definition) is 1. The van der Waals surface area contributed by atoms with E-state index in [-0.39, 0.29) is 0 Å². The van der Waals surface area contributed by atoms with Crippen molar-refractivity contribution in [1.29, 1.82) is 0 Å². The number of thiophene rings is 1. The highest BCUT2D eigenvalue weighted by molar-refractivity contribution is 7.99. The van der Waals surface area contributed by atoms with Gasteiger partial charge < -0.3 is 5.32 Å². The fourth-order valence-electron chi connectivity index (χ4n) is 2.00. The monoisotopic (exact) mass is 227 g/mol. The summed E-state index contributed by atoms with van der Waals surface area (Å²) in [4.78, 5) is 1.46. The summed E-state index contributed by atoms with van der Waals surface area (Å²) >= 11 is 3.87. The van der Waals surface area contributed by atoms with Crippen molar-refractivity contribution in [3.63, 3.8) is 0 Å². The third-order valence-corrected chi connectivity index (χ3v) is 4.83. The standard InChI is InChI=1S/C11H17NS2/c1-13-10-5-4-9(7-10)12-8-11-3-2-6-14-11/h2-3,6,9-10,12H,4-5,7-8H2,1H3. The topological polar surface area (TPSA) is 12.0 Å². The SMILES string of the molecule is CSC1CCC(NCc2cccs2)C1. The van der Waals surface area contributed by atoms with Crippen LogP contribution in [0, 0.1) is 0 Å². The van der Waals surface area contributed by atoms with Crippen LogP contribution in [0.1, 0.15) is 24.1 Å². The molecule has 1 N–H and O–H groups in total. The summed E-state index contributed by atoms with van der Waals surface area (Å²) in [7, 11) is 0. The van der Waals surface area contributed by atoms with Gasteiger partial charge in [-0.1, -0.05) is 6.07 Å². The van der Waals surface area contributed by atoms with Crippen molar-refractivity contribution in [2.75, 3.05) is 6.26 Å².